The van der Waals surface area contributed by atoms with E-state index in [1.54, 1.807) is 12.1 Å². The van der Waals surface area contributed by atoms with Gasteiger partial charge in [0.1, 0.15) is 16.5 Å². The van der Waals surface area contributed by atoms with E-state index in [0.29, 0.717) is 5.76 Å². The van der Waals surface area contributed by atoms with Gasteiger partial charge in [0.15, 0.2) is 0 Å². The molecule has 0 aliphatic carbocycles. The summed E-state index contributed by atoms with van der Waals surface area (Å²) in [5, 5.41) is 0. The Hall–Kier alpha value is -1.86. The molecule has 7 heteroatoms. The molecule has 0 unspecified atom stereocenters. The van der Waals surface area contributed by atoms with Crippen molar-refractivity contribution >= 4 is 15.7 Å². The van der Waals surface area contributed by atoms with Crippen LogP contribution in [0.2, 0.25) is 0 Å². The maximum absolute atomic E-state index is 13.2. The van der Waals surface area contributed by atoms with E-state index in [2.05, 4.69) is 0 Å². The number of nitrogen functional groups attached to an aromatic ring is 1. The molecule has 2 N–H and O–H groups in total. The summed E-state index contributed by atoms with van der Waals surface area (Å²) in [6.07, 6.45) is 1.45. The van der Waals surface area contributed by atoms with Gasteiger partial charge in [-0.25, -0.2) is 12.8 Å². The Morgan fingerprint density at radius 2 is 2.11 bits per heavy atom. The Balaban J connectivity index is 2.33. The predicted molar refractivity (Wildman–Crippen MR) is 68.2 cm³/mol. The average molecular weight is 284 g/mol. The molecule has 0 fully saturated rings. The summed E-state index contributed by atoms with van der Waals surface area (Å²) in [5.41, 5.74) is 5.60. The molecular formula is C12H13FN2O3S. The van der Waals surface area contributed by atoms with Crippen molar-refractivity contribution in [2.45, 2.75) is 11.4 Å². The zero-order chi connectivity index (χ0) is 14.0. The summed E-state index contributed by atoms with van der Waals surface area (Å²) in [5.74, 6) is -0.166. The molecule has 0 aliphatic rings. The highest BCUT2D eigenvalue weighted by Gasteiger charge is 2.24. The van der Waals surface area contributed by atoms with E-state index in [9.17, 15) is 12.8 Å². The third kappa shape index (κ3) is 2.77. The molecule has 0 saturated heterocycles. The van der Waals surface area contributed by atoms with Crippen LogP contribution in [0.15, 0.2) is 45.9 Å². The lowest BCUT2D eigenvalue weighted by molar-refractivity contribution is 0.406. The first-order valence-electron chi connectivity index (χ1n) is 5.45. The summed E-state index contributed by atoms with van der Waals surface area (Å²) in [6, 6.07) is 6.56. The fourth-order valence-corrected chi connectivity index (χ4v) is 2.87. The van der Waals surface area contributed by atoms with Crippen molar-refractivity contribution in [2.75, 3.05) is 12.8 Å². The highest BCUT2D eigenvalue weighted by molar-refractivity contribution is 7.89. The van der Waals surface area contributed by atoms with Crippen molar-refractivity contribution < 1.29 is 17.2 Å². The second kappa shape index (κ2) is 5.02. The molecule has 1 aromatic carbocycles. The number of nitrogens with two attached hydrogens (primary N) is 1. The van der Waals surface area contributed by atoms with Gasteiger partial charge in [0.05, 0.1) is 18.5 Å². The second-order valence-corrected chi connectivity index (χ2v) is 6.04. The molecule has 0 amide bonds. The Kier molecular flexibility index (Phi) is 3.59. The number of hydrogen-bond acceptors (Lipinski definition) is 4. The monoisotopic (exact) mass is 284 g/mol. The maximum atomic E-state index is 13.2. The van der Waals surface area contributed by atoms with E-state index in [-0.39, 0.29) is 17.1 Å². The molecular weight excluding hydrogens is 271 g/mol. The van der Waals surface area contributed by atoms with Crippen LogP contribution < -0.4 is 5.73 Å². The van der Waals surface area contributed by atoms with Crippen LogP contribution in [-0.2, 0) is 16.6 Å². The Bertz CT molecular complexity index is 668. The molecule has 0 spiro atoms. The number of halogens is 1. The lowest BCUT2D eigenvalue weighted by atomic mass is 10.3. The summed E-state index contributed by atoms with van der Waals surface area (Å²) in [4.78, 5) is -0.249. The molecule has 0 atom stereocenters. The first kappa shape index (κ1) is 13.6. The first-order valence-corrected chi connectivity index (χ1v) is 6.89. The molecule has 0 radical (unpaired) electrons. The number of anilines is 1. The van der Waals surface area contributed by atoms with Crippen molar-refractivity contribution in [2.24, 2.45) is 0 Å². The van der Waals surface area contributed by atoms with Gasteiger partial charge in [-0.1, -0.05) is 0 Å². The number of hydrogen-bond donors (Lipinski definition) is 1. The minimum absolute atomic E-state index is 0.00712. The average Bonchev–Trinajstić information content (AvgIpc) is 2.85. The zero-order valence-electron chi connectivity index (χ0n) is 10.2. The van der Waals surface area contributed by atoms with Crippen LogP contribution in [0.1, 0.15) is 5.76 Å². The molecule has 102 valence electrons. The predicted octanol–water partition coefficient (Wildman–Crippen LogP) is 1.82. The molecule has 2 rings (SSSR count). The highest BCUT2D eigenvalue weighted by Crippen LogP contribution is 2.23. The summed E-state index contributed by atoms with van der Waals surface area (Å²) in [7, 11) is -2.48. The lowest BCUT2D eigenvalue weighted by Gasteiger charge is -2.17. The highest BCUT2D eigenvalue weighted by atomic mass is 32.2. The Labute approximate surface area is 110 Å². The SMILES string of the molecule is CN(Cc1ccco1)S(=O)(=O)c1cc(F)ccc1N. The van der Waals surface area contributed by atoms with E-state index in [1.165, 1.54) is 19.4 Å². The normalized spacial score (nSPS) is 11.9. The van der Waals surface area contributed by atoms with E-state index >= 15 is 0 Å². The van der Waals surface area contributed by atoms with Crippen LogP contribution >= 0.6 is 0 Å². The quantitative estimate of drug-likeness (QED) is 0.869. The number of rotatable bonds is 4. The van der Waals surface area contributed by atoms with Crippen LogP contribution in [0.5, 0.6) is 0 Å². The number of furan rings is 1. The van der Waals surface area contributed by atoms with Crippen molar-refractivity contribution in [1.82, 2.24) is 4.31 Å². The standard InChI is InChI=1S/C12H13FN2O3S/c1-15(8-10-3-2-6-18-10)19(16,17)12-7-9(13)4-5-11(12)14/h2-7H,8,14H2,1H3. The molecule has 19 heavy (non-hydrogen) atoms. The summed E-state index contributed by atoms with van der Waals surface area (Å²) < 4.78 is 43.8. The van der Waals surface area contributed by atoms with Gasteiger partial charge in [-0.05, 0) is 30.3 Å². The van der Waals surface area contributed by atoms with Crippen LogP contribution in [0.3, 0.4) is 0 Å². The van der Waals surface area contributed by atoms with Gasteiger partial charge in [0.25, 0.3) is 0 Å². The summed E-state index contributed by atoms with van der Waals surface area (Å²) in [6.45, 7) is 0.0469. The van der Waals surface area contributed by atoms with Gasteiger partial charge in [-0.2, -0.15) is 4.31 Å². The third-order valence-corrected chi connectivity index (χ3v) is 4.48. The van der Waals surface area contributed by atoms with E-state index < -0.39 is 15.8 Å². The molecule has 0 saturated carbocycles. The minimum Gasteiger partial charge on any atom is -0.468 e. The number of nitrogens with zero attached hydrogens (tertiary/aromatic N) is 1. The van der Waals surface area contributed by atoms with Crippen molar-refractivity contribution in [3.63, 3.8) is 0 Å². The van der Waals surface area contributed by atoms with Crippen LogP contribution in [0.4, 0.5) is 10.1 Å². The van der Waals surface area contributed by atoms with E-state index in [4.69, 9.17) is 10.2 Å². The van der Waals surface area contributed by atoms with Crippen molar-refractivity contribution in [1.29, 1.82) is 0 Å². The third-order valence-electron chi connectivity index (χ3n) is 2.62. The molecule has 0 bridgehead atoms. The fourth-order valence-electron chi connectivity index (χ4n) is 1.61. The van der Waals surface area contributed by atoms with Crippen LogP contribution in [0.25, 0.3) is 0 Å². The zero-order valence-corrected chi connectivity index (χ0v) is 11.0. The molecule has 1 aromatic heterocycles. The Morgan fingerprint density at radius 3 is 2.74 bits per heavy atom. The van der Waals surface area contributed by atoms with Crippen LogP contribution in [-0.4, -0.2) is 19.8 Å². The smallest absolute Gasteiger partial charge is 0.245 e. The van der Waals surface area contributed by atoms with Crippen molar-refractivity contribution in [3.8, 4) is 0 Å². The van der Waals surface area contributed by atoms with Gasteiger partial charge in [0.2, 0.25) is 10.0 Å². The van der Waals surface area contributed by atoms with Gasteiger partial charge in [-0.3, -0.25) is 0 Å². The number of sulfonamides is 1. The van der Waals surface area contributed by atoms with Gasteiger partial charge < -0.3 is 10.2 Å². The van der Waals surface area contributed by atoms with Gasteiger partial charge in [-0.15, -0.1) is 0 Å². The number of benzene rings is 1. The molecule has 0 aliphatic heterocycles. The molecule has 5 nitrogen and oxygen atoms in total. The molecule has 2 aromatic rings. The minimum atomic E-state index is -3.86. The van der Waals surface area contributed by atoms with Crippen LogP contribution in [0, 0.1) is 5.82 Å². The van der Waals surface area contributed by atoms with E-state index in [0.717, 1.165) is 16.4 Å². The summed E-state index contributed by atoms with van der Waals surface area (Å²) >= 11 is 0. The van der Waals surface area contributed by atoms with Gasteiger partial charge in [0, 0.05) is 7.05 Å². The Morgan fingerprint density at radius 1 is 1.37 bits per heavy atom. The lowest BCUT2D eigenvalue weighted by Crippen LogP contribution is -2.27. The molecule has 1 heterocycles. The van der Waals surface area contributed by atoms with E-state index in [1.807, 2.05) is 0 Å². The second-order valence-electron chi connectivity index (χ2n) is 4.02. The topological polar surface area (TPSA) is 76.5 Å². The first-order chi connectivity index (χ1) is 8.91. The largest absolute Gasteiger partial charge is 0.468 e. The van der Waals surface area contributed by atoms with Gasteiger partial charge >= 0.3 is 0 Å². The van der Waals surface area contributed by atoms with Crippen molar-refractivity contribution in [3.05, 3.63) is 48.2 Å². The fraction of sp³-hybridized carbons (Fsp3) is 0.167. The maximum Gasteiger partial charge on any atom is 0.245 e.